The summed E-state index contributed by atoms with van der Waals surface area (Å²) in [6, 6.07) is 17.4. The maximum absolute atomic E-state index is 6.15. The molecule has 4 heteroatoms. The molecule has 2 N–H and O–H groups in total. The minimum atomic E-state index is 0.515. The molecule has 0 amide bonds. The lowest BCUT2D eigenvalue weighted by molar-refractivity contribution is 0.550. The molecular weight excluding hydrogens is 380 g/mol. The third kappa shape index (κ3) is 4.90. The third-order valence-electron chi connectivity index (χ3n) is 6.21. The highest BCUT2D eigenvalue weighted by Crippen LogP contribution is 2.28. The molecule has 31 heavy (non-hydrogen) atoms. The van der Waals surface area contributed by atoms with E-state index in [-0.39, 0.29) is 0 Å². The predicted molar refractivity (Wildman–Crippen MR) is 131 cm³/mol. The van der Waals surface area contributed by atoms with Gasteiger partial charge in [0.05, 0.1) is 17.4 Å². The van der Waals surface area contributed by atoms with Gasteiger partial charge in [-0.3, -0.25) is 0 Å². The van der Waals surface area contributed by atoms with Gasteiger partial charge in [0.2, 0.25) is 0 Å². The van der Waals surface area contributed by atoms with Crippen LogP contribution in [0.1, 0.15) is 63.5 Å². The van der Waals surface area contributed by atoms with Gasteiger partial charge in [-0.15, -0.1) is 0 Å². The Morgan fingerprint density at radius 2 is 1.71 bits per heavy atom. The number of rotatable bonds is 9. The van der Waals surface area contributed by atoms with Crippen molar-refractivity contribution in [1.29, 1.82) is 0 Å². The van der Waals surface area contributed by atoms with E-state index in [2.05, 4.69) is 65.6 Å². The molecule has 162 valence electrons. The molecule has 0 aliphatic rings. The van der Waals surface area contributed by atoms with Crippen LogP contribution in [-0.4, -0.2) is 14.5 Å². The summed E-state index contributed by atoms with van der Waals surface area (Å²) < 4.78 is 2.24. The summed E-state index contributed by atoms with van der Waals surface area (Å²) in [5.74, 6) is 1.83. The fraction of sp³-hybridized carbons (Fsp3) is 0.407. The molecule has 0 aliphatic carbocycles. The quantitative estimate of drug-likeness (QED) is 0.309. The molecule has 0 fully saturated rings. The van der Waals surface area contributed by atoms with Crippen molar-refractivity contribution in [2.45, 2.75) is 65.3 Å². The zero-order chi connectivity index (χ0) is 21.8. The average molecular weight is 415 g/mol. The molecule has 0 bridgehead atoms. The number of anilines is 1. The SMILES string of the molecule is CC(C)Cc1ccc(C(C)CCCCCn2cnc3c(N)nc4ccccc4c32)cc1. The lowest BCUT2D eigenvalue weighted by Crippen LogP contribution is -2.00. The van der Waals surface area contributed by atoms with Gasteiger partial charge < -0.3 is 10.3 Å². The number of aryl methyl sites for hydroxylation is 1. The summed E-state index contributed by atoms with van der Waals surface area (Å²) in [5, 5.41) is 1.12. The second-order valence-corrected chi connectivity index (χ2v) is 9.24. The molecule has 1 unspecified atom stereocenters. The Labute approximate surface area is 185 Å². The fourth-order valence-electron chi connectivity index (χ4n) is 4.51. The number of nitrogen functional groups attached to an aromatic ring is 1. The van der Waals surface area contributed by atoms with E-state index in [1.165, 1.54) is 30.4 Å². The largest absolute Gasteiger partial charge is 0.382 e. The van der Waals surface area contributed by atoms with Crippen LogP contribution in [0.2, 0.25) is 0 Å². The molecule has 2 aromatic carbocycles. The topological polar surface area (TPSA) is 56.7 Å². The predicted octanol–water partition coefficient (Wildman–Crippen LogP) is 6.73. The highest BCUT2D eigenvalue weighted by atomic mass is 15.1. The van der Waals surface area contributed by atoms with E-state index in [1.54, 1.807) is 0 Å². The van der Waals surface area contributed by atoms with Crippen LogP contribution in [0.15, 0.2) is 54.9 Å². The number of benzene rings is 2. The maximum Gasteiger partial charge on any atom is 0.152 e. The molecule has 4 rings (SSSR count). The van der Waals surface area contributed by atoms with Crippen molar-refractivity contribution < 1.29 is 0 Å². The summed E-state index contributed by atoms with van der Waals surface area (Å²) in [6.07, 6.45) is 7.90. The molecule has 0 saturated carbocycles. The van der Waals surface area contributed by atoms with Gasteiger partial charge in [-0.25, -0.2) is 9.97 Å². The Morgan fingerprint density at radius 3 is 2.48 bits per heavy atom. The monoisotopic (exact) mass is 414 g/mol. The van der Waals surface area contributed by atoms with Crippen molar-refractivity contribution in [3.63, 3.8) is 0 Å². The van der Waals surface area contributed by atoms with Crippen LogP contribution in [0, 0.1) is 5.92 Å². The summed E-state index contributed by atoms with van der Waals surface area (Å²) >= 11 is 0. The van der Waals surface area contributed by atoms with E-state index in [0.29, 0.717) is 17.7 Å². The first-order valence-corrected chi connectivity index (χ1v) is 11.6. The number of imidazole rings is 1. The van der Waals surface area contributed by atoms with E-state index in [9.17, 15) is 0 Å². The second kappa shape index (κ2) is 9.51. The Bertz CT molecular complexity index is 1140. The summed E-state index contributed by atoms with van der Waals surface area (Å²) in [7, 11) is 0. The van der Waals surface area contributed by atoms with Crippen LogP contribution in [0.3, 0.4) is 0 Å². The molecule has 0 radical (unpaired) electrons. The van der Waals surface area contributed by atoms with Gasteiger partial charge in [-0.2, -0.15) is 0 Å². The zero-order valence-electron chi connectivity index (χ0n) is 19.0. The van der Waals surface area contributed by atoms with Crippen LogP contribution in [-0.2, 0) is 13.0 Å². The number of fused-ring (bicyclic) bond motifs is 3. The molecule has 0 spiro atoms. The number of para-hydroxylation sites is 1. The number of pyridine rings is 1. The lowest BCUT2D eigenvalue weighted by Gasteiger charge is -2.13. The van der Waals surface area contributed by atoms with Crippen molar-refractivity contribution in [3.8, 4) is 0 Å². The molecule has 2 aromatic heterocycles. The number of nitrogens with zero attached hydrogens (tertiary/aromatic N) is 3. The molecular formula is C27H34N4. The van der Waals surface area contributed by atoms with Crippen molar-refractivity contribution in [3.05, 3.63) is 66.0 Å². The first-order chi connectivity index (χ1) is 15.0. The van der Waals surface area contributed by atoms with Gasteiger partial charge in [-0.05, 0) is 48.3 Å². The minimum absolute atomic E-state index is 0.515. The van der Waals surface area contributed by atoms with Gasteiger partial charge in [0.1, 0.15) is 5.52 Å². The number of hydrogen-bond acceptors (Lipinski definition) is 3. The zero-order valence-corrected chi connectivity index (χ0v) is 19.0. The smallest absolute Gasteiger partial charge is 0.152 e. The Morgan fingerprint density at radius 1 is 0.935 bits per heavy atom. The van der Waals surface area contributed by atoms with E-state index in [0.717, 1.165) is 41.3 Å². The molecule has 4 aromatic rings. The molecule has 4 nitrogen and oxygen atoms in total. The summed E-state index contributed by atoms with van der Waals surface area (Å²) in [6.45, 7) is 7.86. The van der Waals surface area contributed by atoms with Crippen LogP contribution in [0.4, 0.5) is 5.82 Å². The van der Waals surface area contributed by atoms with Crippen molar-refractivity contribution in [2.24, 2.45) is 5.92 Å². The standard InChI is InChI=1S/C27H34N4/c1-19(2)17-21-12-14-22(15-13-21)20(3)9-5-4-8-16-31-18-29-25-26(31)23-10-6-7-11-24(23)30-27(25)28/h6-7,10-15,18-20H,4-5,8-9,16-17H2,1-3H3,(H2,28,30). The van der Waals surface area contributed by atoms with Crippen molar-refractivity contribution >= 4 is 27.8 Å². The van der Waals surface area contributed by atoms with Crippen LogP contribution >= 0.6 is 0 Å². The summed E-state index contributed by atoms with van der Waals surface area (Å²) in [4.78, 5) is 9.03. The molecule has 2 heterocycles. The van der Waals surface area contributed by atoms with Gasteiger partial charge >= 0.3 is 0 Å². The molecule has 0 aliphatic heterocycles. The van der Waals surface area contributed by atoms with Crippen LogP contribution in [0.25, 0.3) is 21.9 Å². The van der Waals surface area contributed by atoms with Gasteiger partial charge in [0, 0.05) is 11.9 Å². The Kier molecular flexibility index (Phi) is 6.55. The fourth-order valence-corrected chi connectivity index (χ4v) is 4.51. The maximum atomic E-state index is 6.15. The van der Waals surface area contributed by atoms with E-state index >= 15 is 0 Å². The van der Waals surface area contributed by atoms with Gasteiger partial charge in [0.25, 0.3) is 0 Å². The first kappa shape index (κ1) is 21.4. The summed E-state index contributed by atoms with van der Waals surface area (Å²) in [5.41, 5.74) is 11.9. The van der Waals surface area contributed by atoms with E-state index in [4.69, 9.17) is 5.73 Å². The van der Waals surface area contributed by atoms with Crippen molar-refractivity contribution in [1.82, 2.24) is 14.5 Å². The van der Waals surface area contributed by atoms with Crippen LogP contribution < -0.4 is 5.73 Å². The first-order valence-electron chi connectivity index (χ1n) is 11.6. The number of hydrogen-bond donors (Lipinski definition) is 1. The number of aromatic nitrogens is 3. The van der Waals surface area contributed by atoms with E-state index < -0.39 is 0 Å². The van der Waals surface area contributed by atoms with Gasteiger partial charge in [-0.1, -0.05) is 76.1 Å². The molecule has 1 atom stereocenters. The van der Waals surface area contributed by atoms with Crippen molar-refractivity contribution in [2.75, 3.05) is 5.73 Å². The average Bonchev–Trinajstić information content (AvgIpc) is 3.18. The number of unbranched alkanes of at least 4 members (excludes halogenated alkanes) is 2. The minimum Gasteiger partial charge on any atom is -0.382 e. The Hall–Kier alpha value is -2.88. The molecule has 0 saturated heterocycles. The highest BCUT2D eigenvalue weighted by Gasteiger charge is 2.12. The Balaban J connectivity index is 1.32. The second-order valence-electron chi connectivity index (χ2n) is 9.24. The lowest BCUT2D eigenvalue weighted by atomic mass is 9.93. The van der Waals surface area contributed by atoms with Crippen LogP contribution in [0.5, 0.6) is 0 Å². The normalized spacial score (nSPS) is 12.8. The highest BCUT2D eigenvalue weighted by molar-refractivity contribution is 6.06. The third-order valence-corrected chi connectivity index (χ3v) is 6.21. The number of nitrogens with two attached hydrogens (primary N) is 1. The van der Waals surface area contributed by atoms with Gasteiger partial charge in [0.15, 0.2) is 5.82 Å². The van der Waals surface area contributed by atoms with E-state index in [1.807, 2.05) is 24.5 Å².